The number of hydrogen-bond acceptors (Lipinski definition) is 3. The molecule has 0 bridgehead atoms. The van der Waals surface area contributed by atoms with Crippen LogP contribution in [0, 0.1) is 5.92 Å². The average Bonchev–Trinajstić information content (AvgIpc) is 2.17. The van der Waals surface area contributed by atoms with E-state index in [1.165, 1.54) is 12.8 Å². The SMILES string of the molecule is CC(C)CCCC(N)C1CN(C)CCO1. The van der Waals surface area contributed by atoms with Crippen molar-refractivity contribution >= 4 is 0 Å². The standard InChI is InChI=1S/C12H26N2O/c1-10(2)5-4-6-11(13)12-9-14(3)7-8-15-12/h10-12H,4-9,13H2,1-3H3. The topological polar surface area (TPSA) is 38.5 Å². The number of morpholine rings is 1. The second-order valence-electron chi connectivity index (χ2n) is 5.16. The molecular formula is C12H26N2O. The number of nitrogens with two attached hydrogens (primary N) is 1. The molecule has 1 saturated heterocycles. The minimum absolute atomic E-state index is 0.214. The van der Waals surface area contributed by atoms with Crippen molar-refractivity contribution in [2.75, 3.05) is 26.7 Å². The van der Waals surface area contributed by atoms with Gasteiger partial charge in [0.25, 0.3) is 0 Å². The van der Waals surface area contributed by atoms with E-state index >= 15 is 0 Å². The first-order valence-corrected chi connectivity index (χ1v) is 6.15. The third-order valence-electron chi connectivity index (χ3n) is 3.09. The number of likely N-dealkylation sites (N-methyl/N-ethyl adjacent to an activating group) is 1. The Morgan fingerprint density at radius 3 is 2.73 bits per heavy atom. The molecule has 1 aliphatic heterocycles. The molecule has 0 saturated carbocycles. The third kappa shape index (κ3) is 4.96. The monoisotopic (exact) mass is 214 g/mol. The first kappa shape index (κ1) is 12.9. The van der Waals surface area contributed by atoms with Gasteiger partial charge in [-0.3, -0.25) is 0 Å². The highest BCUT2D eigenvalue weighted by atomic mass is 16.5. The smallest absolute Gasteiger partial charge is 0.0853 e. The molecule has 3 nitrogen and oxygen atoms in total. The normalized spacial score (nSPS) is 25.8. The average molecular weight is 214 g/mol. The van der Waals surface area contributed by atoms with E-state index in [1.807, 2.05) is 0 Å². The second-order valence-corrected chi connectivity index (χ2v) is 5.16. The van der Waals surface area contributed by atoms with Crippen LogP contribution in [0.2, 0.25) is 0 Å². The van der Waals surface area contributed by atoms with Crippen LogP contribution in [0.25, 0.3) is 0 Å². The molecule has 1 heterocycles. The summed E-state index contributed by atoms with van der Waals surface area (Å²) in [4.78, 5) is 2.30. The van der Waals surface area contributed by atoms with E-state index in [0.717, 1.165) is 32.0 Å². The van der Waals surface area contributed by atoms with Gasteiger partial charge in [-0.2, -0.15) is 0 Å². The first-order valence-electron chi connectivity index (χ1n) is 6.15. The van der Waals surface area contributed by atoms with Gasteiger partial charge in [0.2, 0.25) is 0 Å². The molecule has 3 heteroatoms. The molecular weight excluding hydrogens is 188 g/mol. The van der Waals surface area contributed by atoms with Gasteiger partial charge in [-0.05, 0) is 19.4 Å². The Hall–Kier alpha value is -0.120. The Morgan fingerprint density at radius 2 is 2.13 bits per heavy atom. The summed E-state index contributed by atoms with van der Waals surface area (Å²) in [5.41, 5.74) is 6.15. The molecule has 1 rings (SSSR count). The van der Waals surface area contributed by atoms with Gasteiger partial charge in [0.05, 0.1) is 12.7 Å². The zero-order valence-electron chi connectivity index (χ0n) is 10.4. The molecule has 2 N–H and O–H groups in total. The molecule has 0 aliphatic carbocycles. The van der Waals surface area contributed by atoms with E-state index < -0.39 is 0 Å². The molecule has 0 aromatic carbocycles. The molecule has 1 aliphatic rings. The van der Waals surface area contributed by atoms with E-state index in [-0.39, 0.29) is 12.1 Å². The highest BCUT2D eigenvalue weighted by Gasteiger charge is 2.23. The molecule has 15 heavy (non-hydrogen) atoms. The fraction of sp³-hybridized carbons (Fsp3) is 1.00. The summed E-state index contributed by atoms with van der Waals surface area (Å²) >= 11 is 0. The lowest BCUT2D eigenvalue weighted by atomic mass is 10.00. The van der Waals surface area contributed by atoms with Gasteiger partial charge in [-0.15, -0.1) is 0 Å². The summed E-state index contributed by atoms with van der Waals surface area (Å²) in [6.07, 6.45) is 3.84. The molecule has 0 aromatic rings. The zero-order chi connectivity index (χ0) is 11.3. The third-order valence-corrected chi connectivity index (χ3v) is 3.09. The highest BCUT2D eigenvalue weighted by Crippen LogP contribution is 2.13. The number of rotatable bonds is 5. The summed E-state index contributed by atoms with van der Waals surface area (Å²) < 4.78 is 5.70. The van der Waals surface area contributed by atoms with Crippen LogP contribution in [-0.2, 0) is 4.74 Å². The molecule has 2 unspecified atom stereocenters. The van der Waals surface area contributed by atoms with Crippen molar-refractivity contribution in [3.8, 4) is 0 Å². The lowest BCUT2D eigenvalue weighted by molar-refractivity contribution is -0.0336. The van der Waals surface area contributed by atoms with Gasteiger partial charge in [-0.25, -0.2) is 0 Å². The van der Waals surface area contributed by atoms with Crippen molar-refractivity contribution in [3.63, 3.8) is 0 Å². The highest BCUT2D eigenvalue weighted by molar-refractivity contribution is 4.79. The van der Waals surface area contributed by atoms with E-state index in [0.29, 0.717) is 0 Å². The van der Waals surface area contributed by atoms with Crippen LogP contribution in [0.5, 0.6) is 0 Å². The predicted molar refractivity (Wildman–Crippen MR) is 63.9 cm³/mol. The Kier molecular flexibility index (Phi) is 5.58. The van der Waals surface area contributed by atoms with Crippen molar-refractivity contribution in [1.29, 1.82) is 0 Å². The van der Waals surface area contributed by atoms with Crippen LogP contribution in [0.1, 0.15) is 33.1 Å². The quantitative estimate of drug-likeness (QED) is 0.753. The van der Waals surface area contributed by atoms with Gasteiger partial charge < -0.3 is 15.4 Å². The first-order chi connectivity index (χ1) is 7.09. The molecule has 90 valence electrons. The number of nitrogens with zero attached hydrogens (tertiary/aromatic N) is 1. The molecule has 1 fully saturated rings. The number of hydrogen-bond donors (Lipinski definition) is 1. The molecule has 2 atom stereocenters. The van der Waals surface area contributed by atoms with E-state index in [2.05, 4.69) is 25.8 Å². The van der Waals surface area contributed by atoms with Gasteiger partial charge in [-0.1, -0.05) is 26.7 Å². The summed E-state index contributed by atoms with van der Waals surface area (Å²) in [5, 5.41) is 0. The maximum absolute atomic E-state index is 6.15. The second kappa shape index (κ2) is 6.46. The zero-order valence-corrected chi connectivity index (χ0v) is 10.4. The molecule has 0 amide bonds. The van der Waals surface area contributed by atoms with Gasteiger partial charge >= 0.3 is 0 Å². The van der Waals surface area contributed by atoms with Gasteiger partial charge in [0, 0.05) is 19.1 Å². The molecule has 0 aromatic heterocycles. The fourth-order valence-corrected chi connectivity index (χ4v) is 2.02. The Labute approximate surface area is 94.0 Å². The summed E-state index contributed by atoms with van der Waals surface area (Å²) in [6.45, 7) is 7.38. The Bertz CT molecular complexity index is 173. The van der Waals surface area contributed by atoms with Crippen LogP contribution in [0.15, 0.2) is 0 Å². The summed E-state index contributed by atoms with van der Waals surface area (Å²) in [7, 11) is 2.14. The van der Waals surface area contributed by atoms with Crippen LogP contribution in [-0.4, -0.2) is 43.8 Å². The summed E-state index contributed by atoms with van der Waals surface area (Å²) in [6, 6.07) is 0.214. The van der Waals surface area contributed by atoms with E-state index in [1.54, 1.807) is 0 Å². The molecule has 0 radical (unpaired) electrons. The van der Waals surface area contributed by atoms with Crippen molar-refractivity contribution in [2.45, 2.75) is 45.3 Å². The Morgan fingerprint density at radius 1 is 1.40 bits per heavy atom. The van der Waals surface area contributed by atoms with Gasteiger partial charge in [0.15, 0.2) is 0 Å². The number of ether oxygens (including phenoxy) is 1. The van der Waals surface area contributed by atoms with Crippen LogP contribution < -0.4 is 5.73 Å². The largest absolute Gasteiger partial charge is 0.374 e. The predicted octanol–water partition coefficient (Wildman–Crippen LogP) is 1.47. The van der Waals surface area contributed by atoms with Gasteiger partial charge in [0.1, 0.15) is 0 Å². The maximum atomic E-state index is 6.15. The van der Waals surface area contributed by atoms with Crippen molar-refractivity contribution in [2.24, 2.45) is 11.7 Å². The maximum Gasteiger partial charge on any atom is 0.0853 e. The van der Waals surface area contributed by atoms with Crippen molar-refractivity contribution < 1.29 is 4.74 Å². The summed E-state index contributed by atoms with van der Waals surface area (Å²) in [5.74, 6) is 0.784. The van der Waals surface area contributed by atoms with Crippen molar-refractivity contribution in [1.82, 2.24) is 4.90 Å². The van der Waals surface area contributed by atoms with Crippen LogP contribution in [0.3, 0.4) is 0 Å². The minimum atomic E-state index is 0.214. The minimum Gasteiger partial charge on any atom is -0.374 e. The lowest BCUT2D eigenvalue weighted by Gasteiger charge is -2.33. The van der Waals surface area contributed by atoms with E-state index in [4.69, 9.17) is 10.5 Å². The Balaban J connectivity index is 2.17. The van der Waals surface area contributed by atoms with Crippen molar-refractivity contribution in [3.05, 3.63) is 0 Å². The lowest BCUT2D eigenvalue weighted by Crippen LogP contribution is -2.49. The van der Waals surface area contributed by atoms with Crippen LogP contribution in [0.4, 0.5) is 0 Å². The fourth-order valence-electron chi connectivity index (χ4n) is 2.02. The molecule has 0 spiro atoms. The van der Waals surface area contributed by atoms with E-state index in [9.17, 15) is 0 Å². The van der Waals surface area contributed by atoms with Crippen LogP contribution >= 0.6 is 0 Å².